The first-order valence-electron chi connectivity index (χ1n) is 7.58. The second-order valence-electron chi connectivity index (χ2n) is 6.48. The number of methoxy groups -OCH3 is 1. The van der Waals surface area contributed by atoms with E-state index in [1.54, 1.807) is 11.9 Å². The SMILES string of the molecule is COC(=O)C=CO[C@H]1CC[C@H](N(C)C(=O)OC(C)(C)C)CC1. The Morgan fingerprint density at radius 3 is 2.23 bits per heavy atom. The molecule has 1 saturated carbocycles. The van der Waals surface area contributed by atoms with E-state index in [9.17, 15) is 9.59 Å². The van der Waals surface area contributed by atoms with Crippen molar-refractivity contribution in [3.8, 4) is 0 Å². The van der Waals surface area contributed by atoms with Crippen LogP contribution >= 0.6 is 0 Å². The zero-order valence-corrected chi connectivity index (χ0v) is 14.1. The largest absolute Gasteiger partial charge is 0.498 e. The van der Waals surface area contributed by atoms with Crippen LogP contribution in [0.15, 0.2) is 12.3 Å². The van der Waals surface area contributed by atoms with Crippen molar-refractivity contribution in [1.29, 1.82) is 0 Å². The number of rotatable bonds is 4. The minimum atomic E-state index is -0.482. The molecule has 1 aliphatic rings. The number of hydrogen-bond acceptors (Lipinski definition) is 5. The lowest BCUT2D eigenvalue weighted by Crippen LogP contribution is -2.43. The number of carbonyl (C=O) groups excluding carboxylic acids is 2. The maximum absolute atomic E-state index is 12.0. The van der Waals surface area contributed by atoms with Crippen LogP contribution in [0.25, 0.3) is 0 Å². The van der Waals surface area contributed by atoms with Gasteiger partial charge < -0.3 is 19.1 Å². The summed E-state index contributed by atoms with van der Waals surface area (Å²) < 4.78 is 15.4. The lowest BCUT2D eigenvalue weighted by atomic mass is 9.92. The summed E-state index contributed by atoms with van der Waals surface area (Å²) in [5, 5.41) is 0. The molecular weight excluding hydrogens is 286 g/mol. The molecule has 22 heavy (non-hydrogen) atoms. The average molecular weight is 313 g/mol. The van der Waals surface area contributed by atoms with Crippen LogP contribution in [0.2, 0.25) is 0 Å². The van der Waals surface area contributed by atoms with Gasteiger partial charge in [-0.25, -0.2) is 9.59 Å². The number of hydrogen-bond donors (Lipinski definition) is 0. The summed E-state index contributed by atoms with van der Waals surface area (Å²) in [6, 6.07) is 0.166. The molecular formula is C16H27NO5. The highest BCUT2D eigenvalue weighted by molar-refractivity contribution is 5.81. The number of esters is 1. The molecule has 6 nitrogen and oxygen atoms in total. The van der Waals surface area contributed by atoms with Gasteiger partial charge in [-0.3, -0.25) is 0 Å². The predicted octanol–water partition coefficient (Wildman–Crippen LogP) is 2.87. The molecule has 0 aromatic carbocycles. The van der Waals surface area contributed by atoms with Gasteiger partial charge in [0.15, 0.2) is 0 Å². The third kappa shape index (κ3) is 6.37. The van der Waals surface area contributed by atoms with E-state index in [1.807, 2.05) is 20.8 Å². The topological polar surface area (TPSA) is 65.1 Å². The summed E-state index contributed by atoms with van der Waals surface area (Å²) in [4.78, 5) is 24.6. The van der Waals surface area contributed by atoms with Crippen LogP contribution in [-0.4, -0.2) is 48.9 Å². The summed E-state index contributed by atoms with van der Waals surface area (Å²) in [5.74, 6) is -0.432. The van der Waals surface area contributed by atoms with Crippen molar-refractivity contribution in [2.75, 3.05) is 14.2 Å². The van der Waals surface area contributed by atoms with Crippen molar-refractivity contribution < 1.29 is 23.8 Å². The molecule has 0 spiro atoms. The van der Waals surface area contributed by atoms with E-state index in [-0.39, 0.29) is 18.2 Å². The molecule has 1 rings (SSSR count). The Kier molecular flexibility index (Phi) is 6.71. The molecule has 126 valence electrons. The summed E-state index contributed by atoms with van der Waals surface area (Å²) in [6.45, 7) is 5.57. The van der Waals surface area contributed by atoms with E-state index in [4.69, 9.17) is 9.47 Å². The Bertz CT molecular complexity index is 405. The quantitative estimate of drug-likeness (QED) is 0.453. The number of carbonyl (C=O) groups is 2. The fourth-order valence-corrected chi connectivity index (χ4v) is 2.33. The van der Waals surface area contributed by atoms with Gasteiger partial charge in [-0.05, 0) is 46.5 Å². The Morgan fingerprint density at radius 2 is 1.73 bits per heavy atom. The van der Waals surface area contributed by atoms with Crippen LogP contribution in [0.5, 0.6) is 0 Å². The third-order valence-electron chi connectivity index (χ3n) is 3.55. The molecule has 1 fully saturated rings. The highest BCUT2D eigenvalue weighted by atomic mass is 16.6. The van der Waals surface area contributed by atoms with E-state index in [1.165, 1.54) is 19.4 Å². The highest BCUT2D eigenvalue weighted by Crippen LogP contribution is 2.25. The predicted molar refractivity (Wildman–Crippen MR) is 82.3 cm³/mol. The van der Waals surface area contributed by atoms with Crippen LogP contribution in [0.1, 0.15) is 46.5 Å². The molecule has 0 bridgehead atoms. The normalized spacial score (nSPS) is 22.2. The van der Waals surface area contributed by atoms with Gasteiger partial charge in [0.25, 0.3) is 0 Å². The van der Waals surface area contributed by atoms with Crippen LogP contribution in [0.4, 0.5) is 4.79 Å². The van der Waals surface area contributed by atoms with Gasteiger partial charge in [0.05, 0.1) is 25.6 Å². The van der Waals surface area contributed by atoms with Gasteiger partial charge in [-0.1, -0.05) is 0 Å². The Balaban J connectivity index is 2.37. The fraction of sp³-hybridized carbons (Fsp3) is 0.750. The zero-order chi connectivity index (χ0) is 16.8. The van der Waals surface area contributed by atoms with Crippen molar-refractivity contribution in [2.24, 2.45) is 0 Å². The molecule has 0 aliphatic heterocycles. The average Bonchev–Trinajstić information content (AvgIpc) is 2.45. The Hall–Kier alpha value is -1.72. The molecule has 0 unspecified atom stereocenters. The minimum Gasteiger partial charge on any atom is -0.498 e. The Labute approximate surface area is 132 Å². The van der Waals surface area contributed by atoms with Crippen LogP contribution in [-0.2, 0) is 19.0 Å². The van der Waals surface area contributed by atoms with E-state index in [0.717, 1.165) is 25.7 Å². The van der Waals surface area contributed by atoms with Crippen molar-refractivity contribution in [1.82, 2.24) is 4.90 Å². The minimum absolute atomic E-state index is 0.0733. The molecule has 0 heterocycles. The molecule has 1 amide bonds. The first kappa shape index (κ1) is 18.3. The van der Waals surface area contributed by atoms with Crippen LogP contribution < -0.4 is 0 Å². The van der Waals surface area contributed by atoms with Gasteiger partial charge in [0.1, 0.15) is 5.60 Å². The van der Waals surface area contributed by atoms with Gasteiger partial charge in [-0.15, -0.1) is 0 Å². The Morgan fingerprint density at radius 1 is 1.14 bits per heavy atom. The van der Waals surface area contributed by atoms with E-state index >= 15 is 0 Å². The highest BCUT2D eigenvalue weighted by Gasteiger charge is 2.29. The number of amides is 1. The first-order chi connectivity index (χ1) is 10.2. The summed E-state index contributed by atoms with van der Waals surface area (Å²) >= 11 is 0. The molecule has 0 aromatic heterocycles. The molecule has 1 aliphatic carbocycles. The van der Waals surface area contributed by atoms with E-state index in [0.29, 0.717) is 0 Å². The number of ether oxygens (including phenoxy) is 3. The summed E-state index contributed by atoms with van der Waals surface area (Å²) in [6.07, 6.45) is 5.81. The van der Waals surface area contributed by atoms with Crippen molar-refractivity contribution in [2.45, 2.75) is 64.2 Å². The summed E-state index contributed by atoms with van der Waals surface area (Å²) in [5.41, 5.74) is -0.482. The van der Waals surface area contributed by atoms with Gasteiger partial charge >= 0.3 is 12.1 Å². The molecule has 0 atom stereocenters. The maximum atomic E-state index is 12.0. The van der Waals surface area contributed by atoms with Crippen LogP contribution in [0.3, 0.4) is 0 Å². The second-order valence-corrected chi connectivity index (χ2v) is 6.48. The molecule has 0 N–H and O–H groups in total. The lowest BCUT2D eigenvalue weighted by molar-refractivity contribution is -0.135. The second kappa shape index (κ2) is 8.06. The maximum Gasteiger partial charge on any atom is 0.410 e. The van der Waals surface area contributed by atoms with E-state index < -0.39 is 11.6 Å². The van der Waals surface area contributed by atoms with Gasteiger partial charge in [0, 0.05) is 13.1 Å². The molecule has 0 saturated heterocycles. The third-order valence-corrected chi connectivity index (χ3v) is 3.55. The fourth-order valence-electron chi connectivity index (χ4n) is 2.33. The van der Waals surface area contributed by atoms with Crippen LogP contribution in [0, 0.1) is 0 Å². The van der Waals surface area contributed by atoms with Crippen molar-refractivity contribution >= 4 is 12.1 Å². The molecule has 0 aromatic rings. The molecule has 0 radical (unpaired) electrons. The van der Waals surface area contributed by atoms with E-state index in [2.05, 4.69) is 4.74 Å². The number of nitrogens with zero attached hydrogens (tertiary/aromatic N) is 1. The summed E-state index contributed by atoms with van der Waals surface area (Å²) in [7, 11) is 3.10. The van der Waals surface area contributed by atoms with Crippen molar-refractivity contribution in [3.05, 3.63) is 12.3 Å². The molecule has 6 heteroatoms. The smallest absolute Gasteiger partial charge is 0.410 e. The van der Waals surface area contributed by atoms with Gasteiger partial charge in [0.2, 0.25) is 0 Å². The lowest BCUT2D eigenvalue weighted by Gasteiger charge is -2.35. The van der Waals surface area contributed by atoms with Gasteiger partial charge in [-0.2, -0.15) is 0 Å². The van der Waals surface area contributed by atoms with Crippen molar-refractivity contribution in [3.63, 3.8) is 0 Å². The zero-order valence-electron chi connectivity index (χ0n) is 14.1. The standard InChI is InChI=1S/C16H27NO5/c1-16(2,3)22-15(19)17(4)12-6-8-13(9-7-12)21-11-10-14(18)20-5/h10-13H,6-9H2,1-5H3/t12-,13-. The monoisotopic (exact) mass is 313 g/mol. The first-order valence-corrected chi connectivity index (χ1v) is 7.58.